The molecule has 7 heteroatoms. The molecule has 2 atom stereocenters. The van der Waals surface area contributed by atoms with Crippen LogP contribution in [0.2, 0.25) is 0 Å². The van der Waals surface area contributed by atoms with Crippen LogP contribution in [0.1, 0.15) is 38.5 Å². The van der Waals surface area contributed by atoms with E-state index in [4.69, 9.17) is 4.74 Å². The summed E-state index contributed by atoms with van der Waals surface area (Å²) in [5.41, 5.74) is 0.781. The van der Waals surface area contributed by atoms with Gasteiger partial charge in [0.1, 0.15) is 6.54 Å². The topological polar surface area (TPSA) is 75.7 Å². The minimum atomic E-state index is -0.453. The molecule has 1 aliphatic heterocycles. The summed E-state index contributed by atoms with van der Waals surface area (Å²) < 4.78 is 5.61. The first-order chi connectivity index (χ1) is 13.4. The summed E-state index contributed by atoms with van der Waals surface area (Å²) in [5.74, 6) is 0.284. The molecular weight excluding hydrogens is 424 g/mol. The van der Waals surface area contributed by atoms with Gasteiger partial charge in [-0.15, -0.1) is 0 Å². The molecule has 1 aromatic rings. The van der Waals surface area contributed by atoms with Gasteiger partial charge in [0.15, 0.2) is 6.61 Å². The minimum absolute atomic E-state index is 0.0595. The van der Waals surface area contributed by atoms with Crippen LogP contribution in [-0.2, 0) is 19.1 Å². The third-order valence-electron chi connectivity index (χ3n) is 6.82. The van der Waals surface area contributed by atoms with Crippen molar-refractivity contribution >= 4 is 45.1 Å². The molecule has 4 bridgehead atoms. The van der Waals surface area contributed by atoms with Gasteiger partial charge >= 0.3 is 5.97 Å². The number of hydrogen-bond donors (Lipinski definition) is 1. The van der Waals surface area contributed by atoms with Gasteiger partial charge in [-0.05, 0) is 62.5 Å². The van der Waals surface area contributed by atoms with Crippen LogP contribution in [0.3, 0.4) is 0 Å². The van der Waals surface area contributed by atoms with Gasteiger partial charge in [0.05, 0.1) is 16.8 Å². The summed E-state index contributed by atoms with van der Waals surface area (Å²) in [7, 11) is 0. The van der Waals surface area contributed by atoms with Crippen molar-refractivity contribution in [2.75, 3.05) is 23.4 Å². The maximum atomic E-state index is 13.0. The molecule has 4 aliphatic carbocycles. The molecule has 0 radical (unpaired) electrons. The molecule has 148 valence electrons. The number of hydrogen-bond acceptors (Lipinski definition) is 4. The Kier molecular flexibility index (Phi) is 4.09. The summed E-state index contributed by atoms with van der Waals surface area (Å²) in [4.78, 5) is 39.1. The first kappa shape index (κ1) is 18.2. The minimum Gasteiger partial charge on any atom is -0.455 e. The van der Waals surface area contributed by atoms with Gasteiger partial charge in [0.25, 0.3) is 5.91 Å². The number of amides is 2. The predicted molar refractivity (Wildman–Crippen MR) is 107 cm³/mol. The molecule has 4 saturated carbocycles. The molecule has 0 unspecified atom stereocenters. The molecule has 1 aromatic carbocycles. The molecule has 0 aromatic heterocycles. The highest BCUT2D eigenvalue weighted by Gasteiger charge is 2.60. The molecular formula is C21H23BrN2O4. The van der Waals surface area contributed by atoms with Crippen molar-refractivity contribution < 1.29 is 19.1 Å². The van der Waals surface area contributed by atoms with Crippen molar-refractivity contribution in [3.8, 4) is 0 Å². The van der Waals surface area contributed by atoms with Crippen molar-refractivity contribution in [1.82, 2.24) is 0 Å². The number of anilines is 2. The highest BCUT2D eigenvalue weighted by atomic mass is 79.9. The van der Waals surface area contributed by atoms with Crippen molar-refractivity contribution in [3.63, 3.8) is 0 Å². The third kappa shape index (κ3) is 2.95. The molecule has 6 nitrogen and oxygen atoms in total. The summed E-state index contributed by atoms with van der Waals surface area (Å²) in [5, 5.41) is 2.76. The van der Waals surface area contributed by atoms with E-state index in [1.54, 1.807) is 18.2 Å². The summed E-state index contributed by atoms with van der Waals surface area (Å²) in [6.07, 6.45) is 6.03. The number of nitrogens with zero attached hydrogens (tertiary/aromatic N) is 1. The van der Waals surface area contributed by atoms with Crippen LogP contribution in [0.25, 0.3) is 0 Å². The molecule has 0 spiro atoms. The highest BCUT2D eigenvalue weighted by molar-refractivity contribution is 9.10. The Labute approximate surface area is 172 Å². The zero-order valence-electron chi connectivity index (χ0n) is 15.6. The van der Waals surface area contributed by atoms with Crippen molar-refractivity contribution in [2.45, 2.75) is 42.8 Å². The molecule has 1 heterocycles. The number of esters is 1. The zero-order valence-corrected chi connectivity index (χ0v) is 17.2. The SMILES string of the molecule is O=C1CN(C(=O)COC(=O)C23C[C@H]4C[C@@H](CC(Br)(C4)C2)C3)c2ccccc2N1. The summed E-state index contributed by atoms with van der Waals surface area (Å²) >= 11 is 3.90. The van der Waals surface area contributed by atoms with E-state index in [0.717, 1.165) is 32.1 Å². The molecule has 5 aliphatic rings. The number of fused-ring (bicyclic) bond motifs is 1. The maximum absolute atomic E-state index is 13.0. The van der Waals surface area contributed by atoms with E-state index in [9.17, 15) is 14.4 Å². The van der Waals surface area contributed by atoms with E-state index in [1.807, 2.05) is 6.07 Å². The first-order valence-corrected chi connectivity index (χ1v) is 10.7. The Hall–Kier alpha value is -1.89. The number of carbonyl (C=O) groups is 3. The fraction of sp³-hybridized carbons (Fsp3) is 0.571. The number of rotatable bonds is 3. The zero-order chi connectivity index (χ0) is 19.5. The lowest BCUT2D eigenvalue weighted by molar-refractivity contribution is -0.171. The van der Waals surface area contributed by atoms with Gasteiger partial charge in [-0.1, -0.05) is 28.1 Å². The van der Waals surface area contributed by atoms with E-state index < -0.39 is 5.41 Å². The van der Waals surface area contributed by atoms with Crippen LogP contribution < -0.4 is 10.2 Å². The van der Waals surface area contributed by atoms with E-state index in [1.165, 1.54) is 11.3 Å². The number of ether oxygens (including phenoxy) is 1. The van der Waals surface area contributed by atoms with Gasteiger partial charge in [-0.2, -0.15) is 0 Å². The van der Waals surface area contributed by atoms with E-state index in [0.29, 0.717) is 23.2 Å². The van der Waals surface area contributed by atoms with Gasteiger partial charge in [0, 0.05) is 4.32 Å². The number of para-hydroxylation sites is 2. The second-order valence-electron chi connectivity index (χ2n) is 9.01. The van der Waals surface area contributed by atoms with Gasteiger partial charge in [-0.3, -0.25) is 19.3 Å². The molecule has 1 N–H and O–H groups in total. The van der Waals surface area contributed by atoms with Crippen molar-refractivity contribution in [1.29, 1.82) is 0 Å². The van der Waals surface area contributed by atoms with E-state index >= 15 is 0 Å². The Balaban J connectivity index is 1.29. The van der Waals surface area contributed by atoms with Crippen LogP contribution >= 0.6 is 15.9 Å². The van der Waals surface area contributed by atoms with Gasteiger partial charge < -0.3 is 10.1 Å². The van der Waals surface area contributed by atoms with Crippen LogP contribution in [0.5, 0.6) is 0 Å². The first-order valence-electron chi connectivity index (χ1n) is 9.91. The highest BCUT2D eigenvalue weighted by Crippen LogP contribution is 2.64. The summed E-state index contributed by atoms with van der Waals surface area (Å²) in [6.45, 7) is -0.389. The largest absolute Gasteiger partial charge is 0.455 e. The molecule has 6 rings (SSSR count). The molecule has 0 saturated heterocycles. The fourth-order valence-electron chi connectivity index (χ4n) is 6.20. The molecule has 4 fully saturated rings. The monoisotopic (exact) mass is 446 g/mol. The lowest BCUT2D eigenvalue weighted by Crippen LogP contribution is -2.56. The van der Waals surface area contributed by atoms with Gasteiger partial charge in [0.2, 0.25) is 5.91 Å². The van der Waals surface area contributed by atoms with Crippen molar-refractivity contribution in [3.05, 3.63) is 24.3 Å². The number of halogens is 1. The van der Waals surface area contributed by atoms with Crippen molar-refractivity contribution in [2.24, 2.45) is 17.3 Å². The smallest absolute Gasteiger partial charge is 0.312 e. The number of carbonyl (C=O) groups excluding carboxylic acids is 3. The Morgan fingerprint density at radius 2 is 1.89 bits per heavy atom. The number of benzene rings is 1. The molecule has 28 heavy (non-hydrogen) atoms. The predicted octanol–water partition coefficient (Wildman–Crippen LogP) is 3.25. The fourth-order valence-corrected chi connectivity index (χ4v) is 7.66. The average Bonchev–Trinajstić information content (AvgIpc) is 2.63. The normalized spacial score (nSPS) is 35.3. The Morgan fingerprint density at radius 3 is 2.61 bits per heavy atom. The quantitative estimate of drug-likeness (QED) is 0.570. The standard InChI is InChI=1S/C21H23BrN2O4/c22-21-8-13-5-14(9-21)7-20(6-13,12-21)19(27)28-11-18(26)24-10-17(25)23-15-3-1-2-4-16(15)24/h1-4,13-14H,5-12H2,(H,23,25)/t13-,14-,20?,21?/m1/s1. The lowest BCUT2D eigenvalue weighted by Gasteiger charge is -2.58. The van der Waals surface area contributed by atoms with Gasteiger partial charge in [-0.25, -0.2) is 0 Å². The van der Waals surface area contributed by atoms with Crippen LogP contribution in [0.4, 0.5) is 11.4 Å². The van der Waals surface area contributed by atoms with E-state index in [2.05, 4.69) is 21.2 Å². The van der Waals surface area contributed by atoms with Crippen LogP contribution in [-0.4, -0.2) is 35.3 Å². The van der Waals surface area contributed by atoms with Crippen LogP contribution in [0.15, 0.2) is 24.3 Å². The van der Waals surface area contributed by atoms with E-state index in [-0.39, 0.29) is 35.3 Å². The molecule has 2 amide bonds. The second kappa shape index (κ2) is 6.31. The summed E-state index contributed by atoms with van der Waals surface area (Å²) in [6, 6.07) is 7.15. The number of nitrogens with one attached hydrogen (secondary N) is 1. The van der Waals surface area contributed by atoms with Crippen LogP contribution in [0, 0.1) is 17.3 Å². The Morgan fingerprint density at radius 1 is 1.18 bits per heavy atom. The average molecular weight is 447 g/mol. The maximum Gasteiger partial charge on any atom is 0.312 e. The second-order valence-corrected chi connectivity index (χ2v) is 10.7. The Bertz CT molecular complexity index is 856. The lowest BCUT2D eigenvalue weighted by atomic mass is 9.49. The third-order valence-corrected chi connectivity index (χ3v) is 7.75. The number of alkyl halides is 1.